The van der Waals surface area contributed by atoms with Crippen LogP contribution in [0.25, 0.3) is 0 Å². The molecule has 12 nitrogen and oxygen atoms in total. The number of aliphatic imine (C=N–C) groups is 2. The van der Waals surface area contributed by atoms with Crippen molar-refractivity contribution in [3.8, 4) is 28.7 Å². The Morgan fingerprint density at radius 3 is 1.65 bits per heavy atom. The Hall–Kier alpha value is -6.95. The van der Waals surface area contributed by atoms with Gasteiger partial charge in [0.15, 0.2) is 23.0 Å². The van der Waals surface area contributed by atoms with Crippen LogP contribution < -0.4 is 33.5 Å². The fraction of sp³-hybridized carbons (Fsp3) is 0.314. The minimum atomic E-state index is -0.179. The number of para-hydroxylation sites is 2. The van der Waals surface area contributed by atoms with Gasteiger partial charge in [-0.25, -0.2) is 0 Å². The van der Waals surface area contributed by atoms with Crippen LogP contribution >= 0.6 is 0 Å². The summed E-state index contributed by atoms with van der Waals surface area (Å²) in [7, 11) is 3.11. The number of ketones is 1. The van der Waals surface area contributed by atoms with Gasteiger partial charge in [0.1, 0.15) is 24.7 Å². The van der Waals surface area contributed by atoms with Crippen molar-refractivity contribution in [2.45, 2.75) is 76.7 Å². The number of methoxy groups -OCH3 is 2. The zero-order valence-corrected chi connectivity index (χ0v) is 35.4. The van der Waals surface area contributed by atoms with Gasteiger partial charge in [-0.3, -0.25) is 34.2 Å². The van der Waals surface area contributed by atoms with Crippen LogP contribution in [0.2, 0.25) is 0 Å². The van der Waals surface area contributed by atoms with Crippen LogP contribution in [0, 0.1) is 5.92 Å². The molecule has 0 bridgehead atoms. The second kappa shape index (κ2) is 17.1. The van der Waals surface area contributed by atoms with Crippen molar-refractivity contribution in [2.75, 3.05) is 30.6 Å². The summed E-state index contributed by atoms with van der Waals surface area (Å²) < 4.78 is 30.7. The lowest BCUT2D eigenvalue weighted by Crippen LogP contribution is -2.37. The van der Waals surface area contributed by atoms with E-state index < -0.39 is 0 Å². The first-order valence-electron chi connectivity index (χ1n) is 21.7. The summed E-state index contributed by atoms with van der Waals surface area (Å²) in [4.78, 5) is 53.6. The molecule has 0 spiro atoms. The van der Waals surface area contributed by atoms with Gasteiger partial charge in [-0.15, -0.1) is 0 Å². The highest BCUT2D eigenvalue weighted by Gasteiger charge is 2.38. The molecule has 12 heteroatoms. The smallest absolute Gasteiger partial charge is 0.261 e. The number of ether oxygens (including phenoxy) is 5. The molecule has 5 aliphatic rings. The van der Waals surface area contributed by atoms with Crippen LogP contribution in [-0.2, 0) is 30.8 Å². The second-order valence-corrected chi connectivity index (χ2v) is 16.7. The summed E-state index contributed by atoms with van der Waals surface area (Å²) in [5.74, 6) is 2.67. The van der Waals surface area contributed by atoms with Gasteiger partial charge >= 0.3 is 0 Å². The van der Waals surface area contributed by atoms with Crippen molar-refractivity contribution in [3.05, 3.63) is 124 Å². The number of unbranched alkanes of at least 4 members (excludes halogenated alkanes) is 1. The summed E-state index contributed by atoms with van der Waals surface area (Å²) in [6.45, 7) is 0.743. The molecule has 1 fully saturated rings. The highest BCUT2D eigenvalue weighted by molar-refractivity contribution is 6.15. The predicted octanol–water partition coefficient (Wildman–Crippen LogP) is 9.35. The van der Waals surface area contributed by atoms with E-state index in [4.69, 9.17) is 33.7 Å². The molecule has 0 saturated heterocycles. The Labute approximate surface area is 366 Å². The molecule has 2 atom stereocenters. The lowest BCUT2D eigenvalue weighted by Gasteiger charge is -2.23. The molecule has 0 radical (unpaired) electrons. The fourth-order valence-corrected chi connectivity index (χ4v) is 9.20. The number of benzene rings is 5. The van der Waals surface area contributed by atoms with E-state index in [1.807, 2.05) is 89.0 Å². The zero-order valence-electron chi connectivity index (χ0n) is 35.4. The first-order valence-corrected chi connectivity index (χ1v) is 21.7. The van der Waals surface area contributed by atoms with Crippen LogP contribution in [0.4, 0.5) is 22.7 Å². The van der Waals surface area contributed by atoms with E-state index in [9.17, 15) is 14.4 Å². The first kappa shape index (κ1) is 40.1. The maximum Gasteiger partial charge on any atom is 0.261 e. The van der Waals surface area contributed by atoms with Crippen LogP contribution in [0.5, 0.6) is 28.7 Å². The standard InChI is InChI=1S/C51H48N4O8/c1-59-46-23-39-41(52-27-36-21-34-10-3-5-14-43(34)54(36)50(39)57)25-48(46)62-29-31-18-32(20-38(19-31)61-17-8-7-16-45(56)33-12-9-13-33)30-63-49-26-42-40(24-47(49)60-2)51(58)55-37(28-53-42)22-35-11-4-6-15-44(35)55/h3-6,10-11,14-15,18-20,23-28,33,36-37H,7-9,12-13,16-17,21-22,29-30H2,1-2H3/t36-,37-/m0/s1. The molecule has 4 aliphatic heterocycles. The molecule has 5 aromatic rings. The van der Waals surface area contributed by atoms with E-state index in [0.29, 0.717) is 82.9 Å². The molecule has 10 rings (SSSR count). The van der Waals surface area contributed by atoms with Crippen molar-refractivity contribution in [3.63, 3.8) is 0 Å². The molecule has 1 saturated carbocycles. The SMILES string of the molecule is COc1cc2c(cc1OCc1cc(COc3cc4c(cc3OC)C(=O)N3c5ccccc5C[C@H]3C=N4)cc(OCCCCC(=O)C3CCC3)c1)N=C[C@@H]1Cc3ccccc3N1C2=O. The largest absolute Gasteiger partial charge is 0.494 e. The van der Waals surface area contributed by atoms with E-state index >= 15 is 0 Å². The van der Waals surface area contributed by atoms with Crippen molar-refractivity contribution in [1.82, 2.24) is 0 Å². The molecule has 63 heavy (non-hydrogen) atoms. The molecular weight excluding hydrogens is 797 g/mol. The number of fused-ring (bicyclic) bond motifs is 8. The maximum atomic E-state index is 14.0. The van der Waals surface area contributed by atoms with Crippen molar-refractivity contribution < 1.29 is 38.1 Å². The zero-order chi connectivity index (χ0) is 43.0. The topological polar surface area (TPSA) is 129 Å². The molecule has 0 aromatic heterocycles. The summed E-state index contributed by atoms with van der Waals surface area (Å²) in [6, 6.07) is 28.3. The monoisotopic (exact) mass is 844 g/mol. The number of Topliss-reactive ketones (excluding diaryl/α,β-unsaturated/α-hetero) is 1. The average Bonchev–Trinajstić information content (AvgIpc) is 3.77. The van der Waals surface area contributed by atoms with Crippen LogP contribution in [0.1, 0.15) is 81.5 Å². The number of carbonyl (C=O) groups is 3. The van der Waals surface area contributed by atoms with Crippen molar-refractivity contribution in [2.24, 2.45) is 15.9 Å². The number of anilines is 2. The fourth-order valence-electron chi connectivity index (χ4n) is 9.20. The van der Waals surface area contributed by atoms with E-state index in [1.54, 1.807) is 38.5 Å². The summed E-state index contributed by atoms with van der Waals surface area (Å²) in [5.41, 5.74) is 7.53. The summed E-state index contributed by atoms with van der Waals surface area (Å²) in [5, 5.41) is 0. The van der Waals surface area contributed by atoms with Gasteiger partial charge in [-0.1, -0.05) is 42.8 Å². The average molecular weight is 845 g/mol. The molecule has 0 N–H and O–H groups in total. The lowest BCUT2D eigenvalue weighted by atomic mass is 9.81. The van der Waals surface area contributed by atoms with Crippen LogP contribution in [0.15, 0.2) is 101 Å². The normalized spacial score (nSPS) is 17.9. The number of hydrogen-bond acceptors (Lipinski definition) is 10. The van der Waals surface area contributed by atoms with Crippen LogP contribution in [-0.4, -0.2) is 62.9 Å². The third-order valence-corrected chi connectivity index (χ3v) is 12.7. The Balaban J connectivity index is 0.882. The Bertz CT molecular complexity index is 2530. The van der Waals surface area contributed by atoms with Crippen molar-refractivity contribution >= 4 is 52.8 Å². The molecular formula is C51H48N4O8. The van der Waals surface area contributed by atoms with E-state index in [2.05, 4.69) is 0 Å². The molecule has 0 unspecified atom stereocenters. The quantitative estimate of drug-likeness (QED) is 0.0955. The Morgan fingerprint density at radius 1 is 0.635 bits per heavy atom. The summed E-state index contributed by atoms with van der Waals surface area (Å²) in [6.07, 6.45) is 10.3. The third-order valence-electron chi connectivity index (χ3n) is 12.7. The number of carbonyl (C=O) groups excluding carboxylic acids is 3. The molecule has 2 amide bonds. The molecule has 1 aliphatic carbocycles. The summed E-state index contributed by atoms with van der Waals surface area (Å²) >= 11 is 0. The number of nitrogens with zero attached hydrogens (tertiary/aromatic N) is 4. The number of rotatable bonds is 15. The van der Waals surface area contributed by atoms with Gasteiger partial charge in [-0.2, -0.15) is 0 Å². The van der Waals surface area contributed by atoms with Gasteiger partial charge in [0.05, 0.1) is 55.4 Å². The maximum absolute atomic E-state index is 14.0. The number of hydrogen-bond donors (Lipinski definition) is 0. The highest BCUT2D eigenvalue weighted by Crippen LogP contribution is 2.43. The highest BCUT2D eigenvalue weighted by atomic mass is 16.5. The minimum Gasteiger partial charge on any atom is -0.494 e. The van der Waals surface area contributed by atoms with Gasteiger partial charge < -0.3 is 23.7 Å². The van der Waals surface area contributed by atoms with Crippen LogP contribution in [0.3, 0.4) is 0 Å². The molecule has 320 valence electrons. The number of amides is 2. The second-order valence-electron chi connectivity index (χ2n) is 16.7. The predicted molar refractivity (Wildman–Crippen MR) is 241 cm³/mol. The van der Waals surface area contributed by atoms with Gasteiger partial charge in [0.25, 0.3) is 11.8 Å². The molecule has 5 aromatic carbocycles. The van der Waals surface area contributed by atoms with Gasteiger partial charge in [0, 0.05) is 61.1 Å². The van der Waals surface area contributed by atoms with E-state index in [0.717, 1.165) is 65.7 Å². The molecule has 4 heterocycles. The first-order chi connectivity index (χ1) is 30.8. The Kier molecular flexibility index (Phi) is 10.9. The van der Waals surface area contributed by atoms with E-state index in [-0.39, 0.29) is 43.0 Å². The lowest BCUT2D eigenvalue weighted by molar-refractivity contribution is -0.125. The van der Waals surface area contributed by atoms with Crippen molar-refractivity contribution in [1.29, 1.82) is 0 Å². The van der Waals surface area contributed by atoms with Gasteiger partial charge in [-0.05, 0) is 90.4 Å². The third kappa shape index (κ3) is 7.79. The minimum absolute atomic E-state index is 0.139. The Morgan fingerprint density at radius 2 is 1.16 bits per heavy atom. The van der Waals surface area contributed by atoms with Gasteiger partial charge in [0.2, 0.25) is 0 Å². The van der Waals surface area contributed by atoms with E-state index in [1.165, 1.54) is 0 Å².